The Morgan fingerprint density at radius 3 is 2.67 bits per heavy atom. The SMILES string of the molecule is CC(=O)NCCNS(=O)(=O)c1ccc(C#CCN)cc1F. The van der Waals surface area contributed by atoms with Crippen LogP contribution < -0.4 is 15.8 Å². The summed E-state index contributed by atoms with van der Waals surface area (Å²) in [5.41, 5.74) is 5.54. The van der Waals surface area contributed by atoms with Crippen molar-refractivity contribution in [2.24, 2.45) is 5.73 Å². The number of rotatable bonds is 5. The molecule has 1 amide bonds. The van der Waals surface area contributed by atoms with Crippen LogP contribution in [0.3, 0.4) is 0 Å². The van der Waals surface area contributed by atoms with E-state index in [1.165, 1.54) is 13.0 Å². The summed E-state index contributed by atoms with van der Waals surface area (Å²) in [5.74, 6) is 3.99. The zero-order valence-corrected chi connectivity index (χ0v) is 12.3. The molecule has 0 aromatic heterocycles. The van der Waals surface area contributed by atoms with Gasteiger partial charge in [-0.05, 0) is 18.2 Å². The third-order valence-corrected chi connectivity index (χ3v) is 3.84. The van der Waals surface area contributed by atoms with Crippen LogP contribution in [0.1, 0.15) is 12.5 Å². The molecule has 0 radical (unpaired) electrons. The standard InChI is InChI=1S/C13H16FN3O3S/c1-10(18)16-7-8-17-21(19,20)13-5-4-11(3-2-6-15)9-12(13)14/h4-5,9,17H,6-8,15H2,1H3,(H,16,18). The van der Waals surface area contributed by atoms with Gasteiger partial charge in [0.25, 0.3) is 0 Å². The summed E-state index contributed by atoms with van der Waals surface area (Å²) >= 11 is 0. The Balaban J connectivity index is 2.81. The Hall–Kier alpha value is -1.95. The van der Waals surface area contributed by atoms with Crippen molar-refractivity contribution < 1.29 is 17.6 Å². The average Bonchev–Trinajstić information content (AvgIpc) is 2.41. The van der Waals surface area contributed by atoms with Crippen LogP contribution in [0.4, 0.5) is 4.39 Å². The molecule has 0 aliphatic rings. The molecule has 0 aliphatic heterocycles. The van der Waals surface area contributed by atoms with E-state index in [-0.39, 0.29) is 25.5 Å². The Morgan fingerprint density at radius 2 is 2.10 bits per heavy atom. The monoisotopic (exact) mass is 313 g/mol. The molecule has 114 valence electrons. The zero-order chi connectivity index (χ0) is 15.9. The first-order valence-electron chi connectivity index (χ1n) is 6.09. The number of sulfonamides is 1. The van der Waals surface area contributed by atoms with Crippen molar-refractivity contribution in [3.63, 3.8) is 0 Å². The predicted molar refractivity (Wildman–Crippen MR) is 76.2 cm³/mol. The molecular weight excluding hydrogens is 297 g/mol. The van der Waals surface area contributed by atoms with Gasteiger partial charge in [0, 0.05) is 25.6 Å². The summed E-state index contributed by atoms with van der Waals surface area (Å²) in [6.07, 6.45) is 0. The molecule has 8 heteroatoms. The summed E-state index contributed by atoms with van der Waals surface area (Å²) in [6.45, 7) is 1.54. The lowest BCUT2D eigenvalue weighted by atomic mass is 10.2. The molecule has 0 spiro atoms. The lowest BCUT2D eigenvalue weighted by Gasteiger charge is -2.08. The summed E-state index contributed by atoms with van der Waals surface area (Å²) in [7, 11) is -3.98. The molecule has 6 nitrogen and oxygen atoms in total. The second-order valence-electron chi connectivity index (χ2n) is 4.03. The second-order valence-corrected chi connectivity index (χ2v) is 5.77. The van der Waals surface area contributed by atoms with Gasteiger partial charge >= 0.3 is 0 Å². The fourth-order valence-electron chi connectivity index (χ4n) is 1.45. The smallest absolute Gasteiger partial charge is 0.243 e. The first-order valence-corrected chi connectivity index (χ1v) is 7.57. The van der Waals surface area contributed by atoms with Crippen molar-refractivity contribution in [1.82, 2.24) is 10.0 Å². The van der Waals surface area contributed by atoms with Crippen molar-refractivity contribution in [3.8, 4) is 11.8 Å². The number of carbonyl (C=O) groups is 1. The van der Waals surface area contributed by atoms with Crippen LogP contribution >= 0.6 is 0 Å². The Morgan fingerprint density at radius 1 is 1.38 bits per heavy atom. The molecular formula is C13H16FN3O3S. The highest BCUT2D eigenvalue weighted by Crippen LogP contribution is 2.15. The molecule has 1 aromatic rings. The van der Waals surface area contributed by atoms with Gasteiger partial charge in [-0.15, -0.1) is 0 Å². The third-order valence-electron chi connectivity index (χ3n) is 2.35. The van der Waals surface area contributed by atoms with Crippen molar-refractivity contribution in [2.45, 2.75) is 11.8 Å². The highest BCUT2D eigenvalue weighted by molar-refractivity contribution is 7.89. The number of carbonyl (C=O) groups excluding carboxylic acids is 1. The van der Waals surface area contributed by atoms with Crippen LogP contribution in [0.25, 0.3) is 0 Å². The summed E-state index contributed by atoms with van der Waals surface area (Å²) in [5, 5.41) is 2.43. The summed E-state index contributed by atoms with van der Waals surface area (Å²) in [4.78, 5) is 10.2. The van der Waals surface area contributed by atoms with Crippen molar-refractivity contribution >= 4 is 15.9 Å². The minimum Gasteiger partial charge on any atom is -0.355 e. The van der Waals surface area contributed by atoms with Crippen molar-refractivity contribution in [2.75, 3.05) is 19.6 Å². The van der Waals surface area contributed by atoms with E-state index >= 15 is 0 Å². The van der Waals surface area contributed by atoms with Crippen molar-refractivity contribution in [3.05, 3.63) is 29.6 Å². The van der Waals surface area contributed by atoms with E-state index < -0.39 is 20.7 Å². The molecule has 0 atom stereocenters. The number of benzene rings is 1. The first kappa shape index (κ1) is 17.1. The van der Waals surface area contributed by atoms with Crippen molar-refractivity contribution in [1.29, 1.82) is 0 Å². The Kier molecular flexibility index (Phi) is 6.30. The number of halogens is 1. The topological polar surface area (TPSA) is 101 Å². The quantitative estimate of drug-likeness (QED) is 0.506. The average molecular weight is 313 g/mol. The fraction of sp³-hybridized carbons (Fsp3) is 0.308. The van der Waals surface area contributed by atoms with Crippen LogP contribution in [0, 0.1) is 17.7 Å². The van der Waals surface area contributed by atoms with Gasteiger partial charge in [0.1, 0.15) is 10.7 Å². The van der Waals surface area contributed by atoms with Crippen LogP contribution in [0.2, 0.25) is 0 Å². The van der Waals surface area contributed by atoms with Gasteiger partial charge in [-0.3, -0.25) is 4.79 Å². The highest BCUT2D eigenvalue weighted by Gasteiger charge is 2.18. The Labute approximate surface area is 123 Å². The van der Waals surface area contributed by atoms with Gasteiger partial charge in [-0.2, -0.15) is 0 Å². The van der Waals surface area contributed by atoms with Gasteiger partial charge in [0.15, 0.2) is 0 Å². The normalized spacial score (nSPS) is 10.6. The van der Waals surface area contributed by atoms with E-state index in [1.54, 1.807) is 0 Å². The maximum Gasteiger partial charge on any atom is 0.243 e. The maximum atomic E-state index is 13.8. The predicted octanol–water partition coefficient (Wildman–Crippen LogP) is -0.450. The lowest BCUT2D eigenvalue weighted by Crippen LogP contribution is -2.34. The lowest BCUT2D eigenvalue weighted by molar-refractivity contribution is -0.118. The molecule has 0 unspecified atom stereocenters. The van der Waals surface area contributed by atoms with Gasteiger partial charge in [0.2, 0.25) is 15.9 Å². The maximum absolute atomic E-state index is 13.8. The minimum atomic E-state index is -3.98. The van der Waals surface area contributed by atoms with Gasteiger partial charge in [-0.25, -0.2) is 17.5 Å². The van der Waals surface area contributed by atoms with E-state index in [4.69, 9.17) is 5.73 Å². The molecule has 0 heterocycles. The van der Waals surface area contributed by atoms with Gasteiger partial charge in [0.05, 0.1) is 6.54 Å². The molecule has 21 heavy (non-hydrogen) atoms. The molecule has 0 fully saturated rings. The van der Waals surface area contributed by atoms with Crippen LogP contribution in [-0.4, -0.2) is 34.0 Å². The molecule has 0 bridgehead atoms. The third kappa shape index (κ3) is 5.51. The minimum absolute atomic E-state index is 0.0317. The van der Waals surface area contributed by atoms with E-state index in [1.807, 2.05) is 0 Å². The van der Waals surface area contributed by atoms with Gasteiger partial charge < -0.3 is 11.1 Å². The van der Waals surface area contributed by atoms with Crippen LogP contribution in [-0.2, 0) is 14.8 Å². The Bertz CT molecular complexity index is 678. The fourth-order valence-corrected chi connectivity index (χ4v) is 2.54. The summed E-state index contributed by atoms with van der Waals surface area (Å²) < 4.78 is 39.8. The molecule has 0 saturated carbocycles. The molecule has 0 saturated heterocycles. The van der Waals surface area contributed by atoms with E-state index in [9.17, 15) is 17.6 Å². The first-order chi connectivity index (χ1) is 9.86. The number of nitrogens with two attached hydrogens (primary N) is 1. The van der Waals surface area contributed by atoms with E-state index in [0.717, 1.165) is 12.1 Å². The number of amides is 1. The molecule has 1 rings (SSSR count). The number of hydrogen-bond donors (Lipinski definition) is 3. The molecule has 0 aliphatic carbocycles. The molecule has 4 N–H and O–H groups in total. The highest BCUT2D eigenvalue weighted by atomic mass is 32.2. The van der Waals surface area contributed by atoms with Gasteiger partial charge in [-0.1, -0.05) is 11.8 Å². The largest absolute Gasteiger partial charge is 0.355 e. The summed E-state index contributed by atoms with van der Waals surface area (Å²) in [6, 6.07) is 3.57. The second kappa shape index (κ2) is 7.73. The number of hydrogen-bond acceptors (Lipinski definition) is 4. The molecule has 1 aromatic carbocycles. The van der Waals surface area contributed by atoms with Crippen LogP contribution in [0.5, 0.6) is 0 Å². The van der Waals surface area contributed by atoms with E-state index in [0.29, 0.717) is 5.56 Å². The zero-order valence-electron chi connectivity index (χ0n) is 11.4. The van der Waals surface area contributed by atoms with Crippen LogP contribution in [0.15, 0.2) is 23.1 Å². The van der Waals surface area contributed by atoms with E-state index in [2.05, 4.69) is 21.9 Å². The number of nitrogens with one attached hydrogen (secondary N) is 2.